The van der Waals surface area contributed by atoms with E-state index in [0.717, 1.165) is 5.92 Å². The van der Waals surface area contributed by atoms with Crippen LogP contribution in [-0.2, 0) is 0 Å². The molecular formula is C18H34O. The van der Waals surface area contributed by atoms with E-state index in [-0.39, 0.29) is 6.10 Å². The summed E-state index contributed by atoms with van der Waals surface area (Å²) in [6, 6.07) is 0. The summed E-state index contributed by atoms with van der Waals surface area (Å²) in [4.78, 5) is 0. The van der Waals surface area contributed by atoms with Crippen molar-refractivity contribution in [3.63, 3.8) is 0 Å². The Labute approximate surface area is 120 Å². The van der Waals surface area contributed by atoms with Crippen LogP contribution in [0.4, 0.5) is 0 Å². The second kappa shape index (κ2) is 6.61. The Hall–Kier alpha value is -0.0400. The smallest absolute Gasteiger partial charge is 0.0596 e. The second-order valence-electron chi connectivity index (χ2n) is 8.22. The Morgan fingerprint density at radius 3 is 1.68 bits per heavy atom. The van der Waals surface area contributed by atoms with Gasteiger partial charge >= 0.3 is 0 Å². The summed E-state index contributed by atoms with van der Waals surface area (Å²) in [6.45, 7) is 7.12. The van der Waals surface area contributed by atoms with Gasteiger partial charge < -0.3 is 5.11 Å². The zero-order chi connectivity index (χ0) is 13.9. The molecular weight excluding hydrogens is 232 g/mol. The van der Waals surface area contributed by atoms with Crippen molar-refractivity contribution in [2.75, 3.05) is 0 Å². The first-order chi connectivity index (χ1) is 8.98. The number of rotatable bonds is 2. The third-order valence-corrected chi connectivity index (χ3v) is 5.86. The maximum atomic E-state index is 10.7. The quantitative estimate of drug-likeness (QED) is 0.684. The summed E-state index contributed by atoms with van der Waals surface area (Å²) < 4.78 is 0. The monoisotopic (exact) mass is 266 g/mol. The lowest BCUT2D eigenvalue weighted by molar-refractivity contribution is 0.00956. The minimum atomic E-state index is -0.000909. The van der Waals surface area contributed by atoms with E-state index in [9.17, 15) is 5.11 Å². The van der Waals surface area contributed by atoms with E-state index < -0.39 is 0 Å². The summed E-state index contributed by atoms with van der Waals surface area (Å²) in [5.74, 6) is 2.07. The second-order valence-corrected chi connectivity index (χ2v) is 8.22. The van der Waals surface area contributed by atoms with E-state index >= 15 is 0 Å². The van der Waals surface area contributed by atoms with E-state index in [2.05, 4.69) is 20.8 Å². The van der Waals surface area contributed by atoms with Gasteiger partial charge in [0, 0.05) is 0 Å². The van der Waals surface area contributed by atoms with E-state index in [4.69, 9.17) is 0 Å². The molecule has 2 aliphatic carbocycles. The number of aliphatic hydroxyl groups is 1. The summed E-state index contributed by atoms with van der Waals surface area (Å²) in [5, 5.41) is 10.7. The van der Waals surface area contributed by atoms with Crippen molar-refractivity contribution in [2.45, 2.75) is 91.1 Å². The van der Waals surface area contributed by atoms with Crippen molar-refractivity contribution in [3.8, 4) is 0 Å². The standard InChI is InChI=1S/C18H34O/c1-18(2,3)16-12-10-15(11-13-16)17(19)14-8-6-4-5-7-9-14/h14-17,19H,4-13H2,1-3H3. The normalized spacial score (nSPS) is 32.8. The molecule has 112 valence electrons. The number of aliphatic hydroxyl groups excluding tert-OH is 1. The van der Waals surface area contributed by atoms with Crippen LogP contribution in [0.3, 0.4) is 0 Å². The maximum absolute atomic E-state index is 10.7. The van der Waals surface area contributed by atoms with Crippen LogP contribution in [0.5, 0.6) is 0 Å². The minimum absolute atomic E-state index is 0.000909. The van der Waals surface area contributed by atoms with Gasteiger partial charge in [0.2, 0.25) is 0 Å². The van der Waals surface area contributed by atoms with Crippen LogP contribution in [0.1, 0.15) is 85.0 Å². The van der Waals surface area contributed by atoms with Gasteiger partial charge in [-0.15, -0.1) is 0 Å². The number of hydrogen-bond acceptors (Lipinski definition) is 1. The highest BCUT2D eigenvalue weighted by Gasteiger charge is 2.34. The zero-order valence-corrected chi connectivity index (χ0v) is 13.3. The van der Waals surface area contributed by atoms with Crippen LogP contribution >= 0.6 is 0 Å². The first-order valence-electron chi connectivity index (χ1n) is 8.66. The van der Waals surface area contributed by atoms with Gasteiger partial charge in [-0.2, -0.15) is 0 Å². The van der Waals surface area contributed by atoms with Gasteiger partial charge in [-0.05, 0) is 61.7 Å². The molecule has 0 aromatic carbocycles. The molecule has 2 saturated carbocycles. The lowest BCUT2D eigenvalue weighted by atomic mass is 9.67. The van der Waals surface area contributed by atoms with Crippen LogP contribution in [-0.4, -0.2) is 11.2 Å². The molecule has 19 heavy (non-hydrogen) atoms. The zero-order valence-electron chi connectivity index (χ0n) is 13.3. The largest absolute Gasteiger partial charge is 0.393 e. The summed E-state index contributed by atoms with van der Waals surface area (Å²) >= 11 is 0. The van der Waals surface area contributed by atoms with E-state index in [0.29, 0.717) is 17.3 Å². The van der Waals surface area contributed by atoms with Gasteiger partial charge in [0.25, 0.3) is 0 Å². The molecule has 1 N–H and O–H groups in total. The van der Waals surface area contributed by atoms with Crippen LogP contribution in [0.25, 0.3) is 0 Å². The highest BCUT2D eigenvalue weighted by atomic mass is 16.3. The Bertz CT molecular complexity index is 249. The molecule has 2 fully saturated rings. The molecule has 2 rings (SSSR count). The van der Waals surface area contributed by atoms with Crippen molar-refractivity contribution in [1.29, 1.82) is 0 Å². The van der Waals surface area contributed by atoms with Crippen molar-refractivity contribution >= 4 is 0 Å². The summed E-state index contributed by atoms with van der Waals surface area (Å²) in [6.07, 6.45) is 13.2. The molecule has 0 radical (unpaired) electrons. The third kappa shape index (κ3) is 4.21. The summed E-state index contributed by atoms with van der Waals surface area (Å²) in [7, 11) is 0. The van der Waals surface area contributed by atoms with E-state index in [1.165, 1.54) is 64.2 Å². The van der Waals surface area contributed by atoms with Gasteiger partial charge in [0.05, 0.1) is 6.10 Å². The molecule has 2 aliphatic rings. The van der Waals surface area contributed by atoms with Gasteiger partial charge in [-0.25, -0.2) is 0 Å². The number of hydrogen-bond donors (Lipinski definition) is 1. The molecule has 0 saturated heterocycles. The highest BCUT2D eigenvalue weighted by Crippen LogP contribution is 2.42. The third-order valence-electron chi connectivity index (χ3n) is 5.86. The molecule has 0 amide bonds. The predicted molar refractivity (Wildman–Crippen MR) is 82.1 cm³/mol. The molecule has 0 aliphatic heterocycles. The lowest BCUT2D eigenvalue weighted by Gasteiger charge is -2.40. The van der Waals surface area contributed by atoms with Crippen LogP contribution in [0.2, 0.25) is 0 Å². The average Bonchev–Trinajstić information content (AvgIpc) is 2.66. The van der Waals surface area contributed by atoms with Crippen molar-refractivity contribution in [1.82, 2.24) is 0 Å². The van der Waals surface area contributed by atoms with Crippen molar-refractivity contribution < 1.29 is 5.11 Å². The minimum Gasteiger partial charge on any atom is -0.393 e. The van der Waals surface area contributed by atoms with E-state index in [1.54, 1.807) is 0 Å². The fourth-order valence-electron chi connectivity index (χ4n) is 4.36. The Balaban J connectivity index is 1.83. The van der Waals surface area contributed by atoms with Crippen LogP contribution in [0, 0.1) is 23.2 Å². The van der Waals surface area contributed by atoms with Gasteiger partial charge in [0.15, 0.2) is 0 Å². The molecule has 0 heterocycles. The lowest BCUT2D eigenvalue weighted by Crippen LogP contribution is -2.34. The molecule has 0 aromatic rings. The molecule has 1 nitrogen and oxygen atoms in total. The van der Waals surface area contributed by atoms with E-state index in [1.807, 2.05) is 0 Å². The van der Waals surface area contributed by atoms with Gasteiger partial charge in [-0.3, -0.25) is 0 Å². The molecule has 0 aromatic heterocycles. The Morgan fingerprint density at radius 1 is 0.737 bits per heavy atom. The molecule has 1 atom stereocenters. The molecule has 1 unspecified atom stereocenters. The van der Waals surface area contributed by atoms with Crippen LogP contribution in [0.15, 0.2) is 0 Å². The van der Waals surface area contributed by atoms with Crippen LogP contribution < -0.4 is 0 Å². The van der Waals surface area contributed by atoms with Gasteiger partial charge in [0.1, 0.15) is 0 Å². The summed E-state index contributed by atoms with van der Waals surface area (Å²) in [5.41, 5.74) is 0.457. The maximum Gasteiger partial charge on any atom is 0.0596 e. The predicted octanol–water partition coefficient (Wildman–Crippen LogP) is 5.17. The fourth-order valence-corrected chi connectivity index (χ4v) is 4.36. The first kappa shape index (κ1) is 15.4. The first-order valence-corrected chi connectivity index (χ1v) is 8.66. The molecule has 1 heteroatoms. The Kier molecular flexibility index (Phi) is 5.34. The fraction of sp³-hybridized carbons (Fsp3) is 1.00. The SMILES string of the molecule is CC(C)(C)C1CCC(C(O)C2CCCCCC2)CC1. The van der Waals surface area contributed by atoms with Crippen molar-refractivity contribution in [3.05, 3.63) is 0 Å². The average molecular weight is 266 g/mol. The van der Waals surface area contributed by atoms with Crippen molar-refractivity contribution in [2.24, 2.45) is 23.2 Å². The molecule has 0 spiro atoms. The topological polar surface area (TPSA) is 20.2 Å². The molecule has 0 bridgehead atoms. The van der Waals surface area contributed by atoms with Gasteiger partial charge in [-0.1, -0.05) is 46.5 Å². The highest BCUT2D eigenvalue weighted by molar-refractivity contribution is 4.85. The Morgan fingerprint density at radius 2 is 1.21 bits per heavy atom.